The van der Waals surface area contributed by atoms with E-state index in [1.807, 2.05) is 0 Å². The molecule has 3 heteroatoms. The number of rotatable bonds is 2. The van der Waals surface area contributed by atoms with Gasteiger partial charge in [0.25, 0.3) is 0 Å². The molecule has 0 aromatic carbocycles. The first-order valence-corrected chi connectivity index (χ1v) is 4.84. The summed E-state index contributed by atoms with van der Waals surface area (Å²) in [7, 11) is 2.36. The van der Waals surface area contributed by atoms with E-state index in [-0.39, 0.29) is 24.0 Å². The Morgan fingerprint density at radius 3 is 2.18 bits per heavy atom. The van der Waals surface area contributed by atoms with Gasteiger partial charge in [-0.15, -0.1) is 0 Å². The number of nitrogens with zero attached hydrogens (tertiary/aromatic N) is 1. The van der Waals surface area contributed by atoms with Crippen molar-refractivity contribution < 1.29 is 28.5 Å². The van der Waals surface area contributed by atoms with Crippen molar-refractivity contribution >= 4 is 12.6 Å². The highest BCUT2D eigenvalue weighted by atomic mass is 127. The molecule has 0 aromatic heterocycles. The Kier molecular flexibility index (Phi) is 6.18. The first-order chi connectivity index (χ1) is 4.77. The van der Waals surface area contributed by atoms with Crippen molar-refractivity contribution in [2.24, 2.45) is 0 Å². The highest BCUT2D eigenvalue weighted by Gasteiger charge is 2.22. The number of thiol groups is 1. The zero-order valence-corrected chi connectivity index (χ0v) is 10.3. The van der Waals surface area contributed by atoms with Crippen molar-refractivity contribution in [3.05, 3.63) is 0 Å². The lowest BCUT2D eigenvalue weighted by atomic mass is 10.1. The van der Waals surface area contributed by atoms with Crippen LogP contribution in [0.1, 0.15) is 19.3 Å². The average molecular weight is 287 g/mol. The highest BCUT2D eigenvalue weighted by Crippen LogP contribution is 2.15. The fourth-order valence-electron chi connectivity index (χ4n) is 1.74. The van der Waals surface area contributed by atoms with Crippen molar-refractivity contribution in [1.29, 1.82) is 0 Å². The number of piperidine rings is 1. The molecular formula is C8H18INS. The van der Waals surface area contributed by atoms with Crippen LogP contribution in [0.25, 0.3) is 0 Å². The van der Waals surface area contributed by atoms with Crippen LogP contribution in [0.3, 0.4) is 0 Å². The van der Waals surface area contributed by atoms with E-state index < -0.39 is 0 Å². The summed E-state index contributed by atoms with van der Waals surface area (Å²) in [5, 5.41) is 0. The second-order valence-electron chi connectivity index (χ2n) is 3.57. The minimum absolute atomic E-state index is 0. The van der Waals surface area contributed by atoms with Crippen LogP contribution in [0, 0.1) is 0 Å². The summed E-state index contributed by atoms with van der Waals surface area (Å²) in [5.41, 5.74) is 0. The smallest absolute Gasteiger partial charge is 0.0874 e. The maximum absolute atomic E-state index is 4.27. The lowest BCUT2D eigenvalue weighted by molar-refractivity contribution is -0.911. The third-order valence-corrected chi connectivity index (χ3v) is 2.74. The first-order valence-electron chi connectivity index (χ1n) is 4.21. The van der Waals surface area contributed by atoms with E-state index in [2.05, 4.69) is 19.7 Å². The molecule has 1 saturated heterocycles. The molecule has 1 aliphatic rings. The Labute approximate surface area is 92.6 Å². The van der Waals surface area contributed by atoms with Gasteiger partial charge in [0.2, 0.25) is 0 Å². The molecule has 0 radical (unpaired) electrons. The standard InChI is InChI=1S/C8H17NS.HI/c1-9(7-8-10)5-3-2-4-6-9;/h2-8H2,1H3;1H. The predicted molar refractivity (Wildman–Crippen MR) is 48.5 cm³/mol. The molecule has 1 aliphatic heterocycles. The van der Waals surface area contributed by atoms with Gasteiger partial charge in [0.05, 0.1) is 26.7 Å². The SMILES string of the molecule is C[N+]1(CCS)CCCCC1.[I-]. The third-order valence-electron chi connectivity index (χ3n) is 2.54. The van der Waals surface area contributed by atoms with E-state index in [0.717, 1.165) is 5.75 Å². The number of quaternary nitrogens is 1. The van der Waals surface area contributed by atoms with Crippen LogP contribution in [0.5, 0.6) is 0 Å². The molecule has 0 unspecified atom stereocenters. The van der Waals surface area contributed by atoms with Gasteiger partial charge in [0.1, 0.15) is 0 Å². The van der Waals surface area contributed by atoms with Crippen LogP contribution in [0.15, 0.2) is 0 Å². The number of halogens is 1. The largest absolute Gasteiger partial charge is 1.00 e. The maximum Gasteiger partial charge on any atom is 0.0874 e. The zero-order valence-electron chi connectivity index (χ0n) is 7.22. The second-order valence-corrected chi connectivity index (χ2v) is 4.02. The van der Waals surface area contributed by atoms with Gasteiger partial charge in [0, 0.05) is 5.75 Å². The van der Waals surface area contributed by atoms with Crippen LogP contribution in [0.2, 0.25) is 0 Å². The lowest BCUT2D eigenvalue weighted by Crippen LogP contribution is -3.00. The summed E-state index contributed by atoms with van der Waals surface area (Å²) in [6, 6.07) is 0. The van der Waals surface area contributed by atoms with E-state index in [9.17, 15) is 0 Å². The van der Waals surface area contributed by atoms with Crippen LogP contribution >= 0.6 is 12.6 Å². The molecule has 0 aromatic rings. The summed E-state index contributed by atoms with van der Waals surface area (Å²) in [6.07, 6.45) is 4.29. The lowest BCUT2D eigenvalue weighted by Gasteiger charge is -2.37. The maximum atomic E-state index is 4.27. The van der Waals surface area contributed by atoms with Crippen molar-refractivity contribution in [3.8, 4) is 0 Å². The molecule has 1 heterocycles. The molecule has 1 fully saturated rings. The van der Waals surface area contributed by atoms with E-state index >= 15 is 0 Å². The van der Waals surface area contributed by atoms with E-state index in [1.165, 1.54) is 43.4 Å². The molecule has 0 aliphatic carbocycles. The van der Waals surface area contributed by atoms with Crippen LogP contribution in [0.4, 0.5) is 0 Å². The molecule has 0 N–H and O–H groups in total. The molecule has 0 spiro atoms. The first kappa shape index (κ1) is 12.0. The molecule has 1 rings (SSSR count). The third kappa shape index (κ3) is 3.99. The Balaban J connectivity index is 0.000001000. The predicted octanol–water partition coefficient (Wildman–Crippen LogP) is -1.45. The molecule has 1 nitrogen and oxygen atoms in total. The number of likely N-dealkylation sites (tertiary alicyclic amines) is 1. The van der Waals surface area contributed by atoms with Gasteiger partial charge >= 0.3 is 0 Å². The summed E-state index contributed by atoms with van der Waals surface area (Å²) in [6.45, 7) is 4.00. The minimum Gasteiger partial charge on any atom is -1.00 e. The van der Waals surface area contributed by atoms with Gasteiger partial charge in [-0.2, -0.15) is 12.6 Å². The Bertz CT molecular complexity index is 96.8. The summed E-state index contributed by atoms with van der Waals surface area (Å²) in [5.74, 6) is 1.04. The van der Waals surface area contributed by atoms with Crippen molar-refractivity contribution in [1.82, 2.24) is 0 Å². The Morgan fingerprint density at radius 1 is 1.18 bits per heavy atom. The van der Waals surface area contributed by atoms with Gasteiger partial charge in [-0.1, -0.05) is 0 Å². The molecule has 11 heavy (non-hydrogen) atoms. The molecule has 0 bridgehead atoms. The second kappa shape index (κ2) is 5.65. The Hall–Kier alpha value is 1.04. The van der Waals surface area contributed by atoms with Crippen LogP contribution in [-0.4, -0.2) is 36.9 Å². The van der Waals surface area contributed by atoms with Gasteiger partial charge in [-0.3, -0.25) is 0 Å². The van der Waals surface area contributed by atoms with Crippen molar-refractivity contribution in [2.45, 2.75) is 19.3 Å². The van der Waals surface area contributed by atoms with Crippen LogP contribution in [-0.2, 0) is 0 Å². The van der Waals surface area contributed by atoms with Crippen molar-refractivity contribution in [3.63, 3.8) is 0 Å². The van der Waals surface area contributed by atoms with E-state index in [0.29, 0.717) is 0 Å². The van der Waals surface area contributed by atoms with Crippen LogP contribution < -0.4 is 24.0 Å². The fraction of sp³-hybridized carbons (Fsp3) is 1.00. The summed E-state index contributed by atoms with van der Waals surface area (Å²) in [4.78, 5) is 0. The number of hydrogen-bond donors (Lipinski definition) is 1. The highest BCUT2D eigenvalue weighted by molar-refractivity contribution is 7.80. The zero-order chi connectivity index (χ0) is 7.45. The van der Waals surface area contributed by atoms with Crippen molar-refractivity contribution in [2.75, 3.05) is 32.4 Å². The van der Waals surface area contributed by atoms with E-state index in [4.69, 9.17) is 0 Å². The topological polar surface area (TPSA) is 0 Å². The van der Waals surface area contributed by atoms with Gasteiger partial charge in [-0.05, 0) is 19.3 Å². The van der Waals surface area contributed by atoms with Gasteiger partial charge < -0.3 is 28.5 Å². The summed E-state index contributed by atoms with van der Waals surface area (Å²) >= 11 is 4.27. The van der Waals surface area contributed by atoms with E-state index in [1.54, 1.807) is 0 Å². The fourth-order valence-corrected chi connectivity index (χ4v) is 2.22. The molecular weight excluding hydrogens is 269 g/mol. The normalized spacial score (nSPS) is 22.4. The number of hydrogen-bond acceptors (Lipinski definition) is 1. The molecule has 0 saturated carbocycles. The van der Waals surface area contributed by atoms with Gasteiger partial charge in [-0.25, -0.2) is 0 Å². The minimum atomic E-state index is 0. The summed E-state index contributed by atoms with van der Waals surface area (Å²) < 4.78 is 1.27. The monoisotopic (exact) mass is 287 g/mol. The average Bonchev–Trinajstić information content (AvgIpc) is 1.89. The Morgan fingerprint density at radius 2 is 1.73 bits per heavy atom. The molecule has 0 amide bonds. The van der Waals surface area contributed by atoms with Gasteiger partial charge in [0.15, 0.2) is 0 Å². The molecule has 0 atom stereocenters. The molecule has 68 valence electrons. The quantitative estimate of drug-likeness (QED) is 0.359.